The molecule has 2 saturated carbocycles. The second-order valence-corrected chi connectivity index (χ2v) is 11.3. The molecule has 4 aliphatic carbocycles. The Morgan fingerprint density at radius 2 is 1.70 bits per heavy atom. The zero-order valence-electron chi connectivity index (χ0n) is 18.9. The van der Waals surface area contributed by atoms with Crippen molar-refractivity contribution in [2.45, 2.75) is 75.8 Å². The SMILES string of the molecule is COC1CCC(C(=O)OC2(C)C=C3CC(=CC(C)(COC(=O)C(F)(F)S(=O)(=O)O)C2)C3)CC1. The Hall–Kier alpha value is -1.85. The molecule has 4 aliphatic rings. The van der Waals surface area contributed by atoms with Gasteiger partial charge in [-0.25, -0.2) is 4.79 Å². The van der Waals surface area contributed by atoms with Crippen LogP contribution >= 0.6 is 0 Å². The lowest BCUT2D eigenvalue weighted by atomic mass is 9.70. The van der Waals surface area contributed by atoms with Crippen molar-refractivity contribution >= 4 is 22.1 Å². The third-order valence-corrected chi connectivity index (χ3v) is 7.31. The Bertz CT molecular complexity index is 955. The van der Waals surface area contributed by atoms with Crippen LogP contribution < -0.4 is 0 Å². The fourth-order valence-electron chi connectivity index (χ4n) is 4.99. The highest BCUT2D eigenvalue weighted by Crippen LogP contribution is 2.46. The van der Waals surface area contributed by atoms with E-state index in [2.05, 4.69) is 4.74 Å². The number of esters is 2. The molecule has 0 aromatic rings. The van der Waals surface area contributed by atoms with E-state index < -0.39 is 39.0 Å². The number of alkyl halides is 2. The Balaban J connectivity index is 1.72. The van der Waals surface area contributed by atoms with Crippen molar-refractivity contribution in [2.75, 3.05) is 13.7 Å². The first-order valence-corrected chi connectivity index (χ1v) is 12.3. The molecule has 0 aliphatic heterocycles. The zero-order chi connectivity index (χ0) is 24.7. The third kappa shape index (κ3) is 5.81. The molecule has 0 radical (unpaired) electrons. The lowest BCUT2D eigenvalue weighted by Crippen LogP contribution is -2.44. The molecule has 2 fully saturated rings. The molecular formula is C22H30F2O8S. The predicted molar refractivity (Wildman–Crippen MR) is 113 cm³/mol. The molecule has 0 aromatic carbocycles. The van der Waals surface area contributed by atoms with Crippen LogP contribution in [0.25, 0.3) is 0 Å². The highest BCUT2D eigenvalue weighted by atomic mass is 32.2. The molecule has 8 nitrogen and oxygen atoms in total. The van der Waals surface area contributed by atoms with Gasteiger partial charge in [-0.15, -0.1) is 0 Å². The monoisotopic (exact) mass is 492 g/mol. The first-order valence-electron chi connectivity index (χ1n) is 10.9. The molecule has 0 heterocycles. The van der Waals surface area contributed by atoms with Crippen LogP contribution in [-0.2, 0) is 33.9 Å². The van der Waals surface area contributed by atoms with Crippen LogP contribution in [-0.4, -0.2) is 55.6 Å². The lowest BCUT2D eigenvalue weighted by Gasteiger charge is -2.42. The van der Waals surface area contributed by atoms with Crippen molar-refractivity contribution in [3.05, 3.63) is 23.3 Å². The van der Waals surface area contributed by atoms with Gasteiger partial charge in [0.2, 0.25) is 0 Å². The van der Waals surface area contributed by atoms with Crippen LogP contribution in [0.4, 0.5) is 8.78 Å². The molecule has 0 aromatic heterocycles. The highest BCUT2D eigenvalue weighted by Gasteiger charge is 2.55. The summed E-state index contributed by atoms with van der Waals surface area (Å²) in [6, 6.07) is 0. The minimum absolute atomic E-state index is 0.130. The van der Waals surface area contributed by atoms with Crippen LogP contribution in [0.15, 0.2) is 23.3 Å². The standard InChI is InChI=1S/C22H30F2O8S/c1-20(13-31-19(26)22(23,24)33(27,28)29)10-14-8-15(9-14)11-21(2,12-20)32-18(25)16-4-6-17(30-3)7-5-16/h10-11,16-17H,4-9,12-13H2,1-3H3,(H,27,28,29). The van der Waals surface area contributed by atoms with Gasteiger partial charge in [0.15, 0.2) is 0 Å². The summed E-state index contributed by atoms with van der Waals surface area (Å²) in [6.07, 6.45) is 8.02. The highest BCUT2D eigenvalue weighted by molar-refractivity contribution is 7.87. The van der Waals surface area contributed by atoms with Gasteiger partial charge < -0.3 is 14.2 Å². The summed E-state index contributed by atoms with van der Waals surface area (Å²) in [4.78, 5) is 24.6. The molecule has 1 N–H and O–H groups in total. The molecule has 11 heteroatoms. The van der Waals surface area contributed by atoms with Crippen LogP contribution in [0.2, 0.25) is 0 Å². The van der Waals surface area contributed by atoms with Crippen LogP contribution in [0.5, 0.6) is 0 Å². The Labute approximate surface area is 192 Å². The van der Waals surface area contributed by atoms with Gasteiger partial charge in [-0.2, -0.15) is 17.2 Å². The zero-order valence-corrected chi connectivity index (χ0v) is 19.8. The first kappa shape index (κ1) is 25.8. The number of halogens is 2. The van der Waals surface area contributed by atoms with Crippen LogP contribution in [0.3, 0.4) is 0 Å². The van der Waals surface area contributed by atoms with E-state index in [-0.39, 0.29) is 24.4 Å². The first-order chi connectivity index (χ1) is 15.2. The van der Waals surface area contributed by atoms with Gasteiger partial charge in [-0.1, -0.05) is 24.1 Å². The van der Waals surface area contributed by atoms with E-state index in [0.29, 0.717) is 25.7 Å². The molecule has 2 unspecified atom stereocenters. The number of carbonyl (C=O) groups excluding carboxylic acids is 2. The average molecular weight is 493 g/mol. The summed E-state index contributed by atoms with van der Waals surface area (Å²) in [7, 11) is -4.31. The van der Waals surface area contributed by atoms with Crippen LogP contribution in [0, 0.1) is 11.3 Å². The van der Waals surface area contributed by atoms with Gasteiger partial charge in [0.05, 0.1) is 12.0 Å². The Kier molecular flexibility index (Phi) is 7.08. The fraction of sp³-hybridized carbons (Fsp3) is 0.727. The summed E-state index contributed by atoms with van der Waals surface area (Å²) in [5.74, 6) is -2.96. The predicted octanol–water partition coefficient (Wildman–Crippen LogP) is 3.57. The van der Waals surface area contributed by atoms with Crippen molar-refractivity contribution in [1.29, 1.82) is 0 Å². The largest absolute Gasteiger partial charge is 0.465 e. The summed E-state index contributed by atoms with van der Waals surface area (Å²) >= 11 is 0. The van der Waals surface area contributed by atoms with E-state index in [1.54, 1.807) is 27.0 Å². The molecule has 2 bridgehead atoms. The minimum Gasteiger partial charge on any atom is -0.459 e. The lowest BCUT2D eigenvalue weighted by molar-refractivity contribution is -0.169. The van der Waals surface area contributed by atoms with Crippen molar-refractivity contribution in [3.8, 4) is 0 Å². The number of methoxy groups -OCH3 is 1. The van der Waals surface area contributed by atoms with Crippen LogP contribution in [0.1, 0.15) is 58.8 Å². The number of ether oxygens (including phenoxy) is 3. The van der Waals surface area contributed by atoms with Gasteiger partial charge in [0, 0.05) is 18.9 Å². The molecule has 186 valence electrons. The quantitative estimate of drug-likeness (QED) is 0.326. The summed E-state index contributed by atoms with van der Waals surface area (Å²) in [5.41, 5.74) is 0.0368. The molecule has 0 saturated heterocycles. The average Bonchev–Trinajstić information content (AvgIpc) is 2.68. The topological polar surface area (TPSA) is 116 Å². The fourth-order valence-corrected chi connectivity index (χ4v) is 5.26. The third-order valence-electron chi connectivity index (χ3n) is 6.49. The summed E-state index contributed by atoms with van der Waals surface area (Å²) < 4.78 is 73.4. The number of hydrogen-bond donors (Lipinski definition) is 1. The maximum Gasteiger partial charge on any atom is 0.465 e. The molecule has 0 amide bonds. The number of fused-ring (bicyclic) bond motifs is 4. The van der Waals surface area contributed by atoms with Crippen molar-refractivity contribution in [2.24, 2.45) is 11.3 Å². The van der Waals surface area contributed by atoms with E-state index >= 15 is 0 Å². The maximum atomic E-state index is 13.6. The molecule has 4 rings (SSSR count). The molecular weight excluding hydrogens is 462 g/mol. The minimum atomic E-state index is -5.96. The Morgan fingerprint density at radius 3 is 2.24 bits per heavy atom. The number of hydrogen-bond acceptors (Lipinski definition) is 7. The molecule has 0 spiro atoms. The van der Waals surface area contributed by atoms with Gasteiger partial charge >= 0.3 is 27.3 Å². The van der Waals surface area contributed by atoms with E-state index in [4.69, 9.17) is 14.0 Å². The van der Waals surface area contributed by atoms with E-state index in [9.17, 15) is 26.8 Å². The second kappa shape index (κ2) is 9.07. The van der Waals surface area contributed by atoms with Gasteiger partial charge in [0.25, 0.3) is 0 Å². The Morgan fingerprint density at radius 1 is 1.12 bits per heavy atom. The number of carbonyl (C=O) groups is 2. The summed E-state index contributed by atoms with van der Waals surface area (Å²) in [6.45, 7) is 2.81. The maximum absolute atomic E-state index is 13.6. The molecule has 33 heavy (non-hydrogen) atoms. The smallest absolute Gasteiger partial charge is 0.459 e. The molecule has 2 atom stereocenters. The summed E-state index contributed by atoms with van der Waals surface area (Å²) in [5, 5.41) is -5.07. The van der Waals surface area contributed by atoms with E-state index in [1.807, 2.05) is 6.08 Å². The van der Waals surface area contributed by atoms with Crippen molar-refractivity contribution < 1.29 is 45.6 Å². The normalized spacial score (nSPS) is 32.4. The van der Waals surface area contributed by atoms with Crippen molar-refractivity contribution in [3.63, 3.8) is 0 Å². The van der Waals surface area contributed by atoms with E-state index in [0.717, 1.165) is 24.0 Å². The van der Waals surface area contributed by atoms with Crippen molar-refractivity contribution in [1.82, 2.24) is 0 Å². The number of rotatable bonds is 7. The van der Waals surface area contributed by atoms with Gasteiger partial charge in [0.1, 0.15) is 12.2 Å². The van der Waals surface area contributed by atoms with E-state index in [1.165, 1.54) is 0 Å². The number of allylic oxidation sites excluding steroid dienone is 2. The van der Waals surface area contributed by atoms with Gasteiger partial charge in [-0.3, -0.25) is 9.35 Å². The second-order valence-electron chi connectivity index (χ2n) is 9.80. The van der Waals surface area contributed by atoms with Gasteiger partial charge in [-0.05, 0) is 51.5 Å².